The largest absolute Gasteiger partial charge is 0.573 e. The number of nitrogens with one attached hydrogen (secondary N) is 1. The SMILES string of the molecule is N#Cc1cnn(-c2ccc(OC(F)(F)F)cc2Cl)c1NC1CC1=O. The summed E-state index contributed by atoms with van der Waals surface area (Å²) in [6.45, 7) is 0. The summed E-state index contributed by atoms with van der Waals surface area (Å²) in [5, 5.41) is 15.9. The second kappa shape index (κ2) is 5.72. The molecule has 3 rings (SSSR count). The lowest BCUT2D eigenvalue weighted by molar-refractivity contribution is -0.274. The third-order valence-corrected chi connectivity index (χ3v) is 3.52. The quantitative estimate of drug-likeness (QED) is 0.910. The van der Waals surface area contributed by atoms with E-state index in [4.69, 9.17) is 16.9 Å². The van der Waals surface area contributed by atoms with Crippen LogP contribution in [0.5, 0.6) is 5.75 Å². The Morgan fingerprint density at radius 3 is 2.71 bits per heavy atom. The van der Waals surface area contributed by atoms with Gasteiger partial charge in [-0.05, 0) is 12.1 Å². The van der Waals surface area contributed by atoms with E-state index < -0.39 is 18.2 Å². The van der Waals surface area contributed by atoms with E-state index in [1.807, 2.05) is 6.07 Å². The van der Waals surface area contributed by atoms with Gasteiger partial charge in [0.1, 0.15) is 23.2 Å². The van der Waals surface area contributed by atoms with Crippen LogP contribution in [0.25, 0.3) is 5.69 Å². The topological polar surface area (TPSA) is 79.9 Å². The molecule has 10 heteroatoms. The Balaban J connectivity index is 1.96. The molecule has 6 nitrogen and oxygen atoms in total. The summed E-state index contributed by atoms with van der Waals surface area (Å²) < 4.78 is 41.8. The molecule has 24 heavy (non-hydrogen) atoms. The number of halogens is 4. The number of ketones is 1. The van der Waals surface area contributed by atoms with Gasteiger partial charge >= 0.3 is 6.36 Å². The zero-order valence-electron chi connectivity index (χ0n) is 11.8. The lowest BCUT2D eigenvalue weighted by Crippen LogP contribution is -2.17. The number of carbonyl (C=O) groups is 1. The van der Waals surface area contributed by atoms with Crippen LogP contribution in [-0.2, 0) is 4.79 Å². The average Bonchev–Trinajstić information content (AvgIpc) is 3.02. The van der Waals surface area contributed by atoms with Crippen LogP contribution >= 0.6 is 11.6 Å². The van der Waals surface area contributed by atoms with Gasteiger partial charge in [-0.1, -0.05) is 11.6 Å². The van der Waals surface area contributed by atoms with Gasteiger partial charge in [-0.25, -0.2) is 4.68 Å². The molecule has 124 valence electrons. The summed E-state index contributed by atoms with van der Waals surface area (Å²) in [7, 11) is 0. The van der Waals surface area contributed by atoms with E-state index >= 15 is 0 Å². The molecule has 1 aromatic heterocycles. The first kappa shape index (κ1) is 16.1. The smallest absolute Gasteiger partial charge is 0.406 e. The van der Waals surface area contributed by atoms with Crippen LogP contribution in [0, 0.1) is 11.3 Å². The number of rotatable bonds is 4. The Kier molecular flexibility index (Phi) is 3.85. The molecule has 1 unspecified atom stereocenters. The number of nitrogens with zero attached hydrogens (tertiary/aromatic N) is 3. The molecule has 0 bridgehead atoms. The van der Waals surface area contributed by atoms with Crippen molar-refractivity contribution in [2.45, 2.75) is 18.8 Å². The van der Waals surface area contributed by atoms with Gasteiger partial charge < -0.3 is 10.1 Å². The Bertz CT molecular complexity index is 857. The van der Waals surface area contributed by atoms with E-state index in [-0.39, 0.29) is 27.9 Å². The average molecular weight is 357 g/mol. The van der Waals surface area contributed by atoms with Gasteiger partial charge in [-0.2, -0.15) is 10.4 Å². The molecular weight excluding hydrogens is 349 g/mol. The standard InChI is InChI=1S/C14H8ClF3N4O2/c15-9-3-8(24-14(16,17)18)1-2-11(9)22-13(7(5-19)6-20-22)21-10-4-12(10)23/h1-3,6,10,21H,4H2. The van der Waals surface area contributed by atoms with Crippen molar-refractivity contribution < 1.29 is 22.7 Å². The summed E-state index contributed by atoms with van der Waals surface area (Å²) in [6.07, 6.45) is -3.22. The molecule has 1 saturated carbocycles. The molecule has 0 saturated heterocycles. The highest BCUT2D eigenvalue weighted by molar-refractivity contribution is 6.32. The van der Waals surface area contributed by atoms with Crippen LogP contribution in [0.2, 0.25) is 5.02 Å². The van der Waals surface area contributed by atoms with Crippen molar-refractivity contribution >= 4 is 23.2 Å². The zero-order valence-corrected chi connectivity index (χ0v) is 12.5. The maximum absolute atomic E-state index is 12.2. The number of anilines is 1. The molecule has 1 N–H and O–H groups in total. The van der Waals surface area contributed by atoms with E-state index in [1.54, 1.807) is 0 Å². The Labute approximate surface area is 138 Å². The van der Waals surface area contributed by atoms with Crippen LogP contribution in [0.1, 0.15) is 12.0 Å². The van der Waals surface area contributed by atoms with Crippen molar-refractivity contribution in [3.8, 4) is 17.5 Å². The molecule has 0 radical (unpaired) electrons. The van der Waals surface area contributed by atoms with Gasteiger partial charge in [0.15, 0.2) is 5.78 Å². The highest BCUT2D eigenvalue weighted by atomic mass is 35.5. The van der Waals surface area contributed by atoms with Crippen LogP contribution in [0.4, 0.5) is 19.0 Å². The van der Waals surface area contributed by atoms with E-state index in [2.05, 4.69) is 15.2 Å². The molecule has 1 fully saturated rings. The highest BCUT2D eigenvalue weighted by Gasteiger charge is 2.36. The number of nitriles is 1. The first-order valence-corrected chi connectivity index (χ1v) is 6.99. The van der Waals surface area contributed by atoms with Gasteiger partial charge in [0, 0.05) is 12.5 Å². The number of carbonyl (C=O) groups excluding carboxylic acids is 1. The van der Waals surface area contributed by atoms with Crippen molar-refractivity contribution in [3.05, 3.63) is 35.0 Å². The van der Waals surface area contributed by atoms with Crippen molar-refractivity contribution in [1.29, 1.82) is 5.26 Å². The van der Waals surface area contributed by atoms with E-state index in [0.717, 1.165) is 12.1 Å². The van der Waals surface area contributed by atoms with E-state index in [9.17, 15) is 18.0 Å². The van der Waals surface area contributed by atoms with Gasteiger partial charge in [0.2, 0.25) is 0 Å². The summed E-state index contributed by atoms with van der Waals surface area (Å²) in [6, 6.07) is 4.86. The minimum atomic E-state index is -4.83. The van der Waals surface area contributed by atoms with Crippen molar-refractivity contribution in [3.63, 3.8) is 0 Å². The fourth-order valence-corrected chi connectivity index (χ4v) is 2.30. The first-order valence-electron chi connectivity index (χ1n) is 6.61. The van der Waals surface area contributed by atoms with Gasteiger partial charge in [0.05, 0.1) is 22.9 Å². The molecule has 1 aliphatic rings. The van der Waals surface area contributed by atoms with Gasteiger partial charge in [-0.3, -0.25) is 4.79 Å². The molecule has 0 aliphatic heterocycles. The minimum absolute atomic E-state index is 0.00772. The third kappa shape index (κ3) is 3.28. The molecule has 1 heterocycles. The molecule has 1 aromatic carbocycles. The molecule has 1 atom stereocenters. The van der Waals surface area contributed by atoms with Crippen LogP contribution in [-0.4, -0.2) is 28.0 Å². The maximum atomic E-state index is 12.2. The number of aromatic nitrogens is 2. The summed E-state index contributed by atoms with van der Waals surface area (Å²) in [5.41, 5.74) is 0.421. The zero-order chi connectivity index (χ0) is 17.5. The number of hydrogen-bond donors (Lipinski definition) is 1. The fraction of sp³-hybridized carbons (Fsp3) is 0.214. The number of ether oxygens (including phenoxy) is 1. The number of hydrogen-bond acceptors (Lipinski definition) is 5. The molecular formula is C14H8ClF3N4O2. The fourth-order valence-electron chi connectivity index (χ4n) is 2.05. The maximum Gasteiger partial charge on any atom is 0.573 e. The second-order valence-electron chi connectivity index (χ2n) is 4.96. The predicted octanol–water partition coefficient (Wildman–Crippen LogP) is 3.05. The second-order valence-corrected chi connectivity index (χ2v) is 5.37. The lowest BCUT2D eigenvalue weighted by atomic mass is 10.3. The Morgan fingerprint density at radius 2 is 2.17 bits per heavy atom. The molecule has 2 aromatic rings. The van der Waals surface area contributed by atoms with E-state index in [1.165, 1.54) is 16.9 Å². The normalized spacial score (nSPS) is 16.6. The number of alkyl halides is 3. The van der Waals surface area contributed by atoms with Crippen molar-refractivity contribution in [2.24, 2.45) is 0 Å². The Morgan fingerprint density at radius 1 is 1.46 bits per heavy atom. The molecule has 0 amide bonds. The summed E-state index contributed by atoms with van der Waals surface area (Å²) in [5.74, 6) is -0.234. The van der Waals surface area contributed by atoms with Crippen LogP contribution in [0.15, 0.2) is 24.4 Å². The lowest BCUT2D eigenvalue weighted by Gasteiger charge is -2.13. The minimum Gasteiger partial charge on any atom is -0.406 e. The van der Waals surface area contributed by atoms with Crippen LogP contribution in [0.3, 0.4) is 0 Å². The third-order valence-electron chi connectivity index (χ3n) is 3.22. The number of benzene rings is 1. The highest BCUT2D eigenvalue weighted by Crippen LogP contribution is 2.32. The van der Waals surface area contributed by atoms with Crippen molar-refractivity contribution in [2.75, 3.05) is 5.32 Å². The number of Topliss-reactive ketones (excluding diaryl/α,β-unsaturated/α-hetero) is 1. The summed E-state index contributed by atoms with van der Waals surface area (Å²) in [4.78, 5) is 11.2. The van der Waals surface area contributed by atoms with Crippen molar-refractivity contribution in [1.82, 2.24) is 9.78 Å². The van der Waals surface area contributed by atoms with Gasteiger partial charge in [-0.15, -0.1) is 13.2 Å². The van der Waals surface area contributed by atoms with Crippen LogP contribution < -0.4 is 10.1 Å². The van der Waals surface area contributed by atoms with Gasteiger partial charge in [0.25, 0.3) is 0 Å². The molecule has 0 spiro atoms. The first-order chi connectivity index (χ1) is 11.3. The molecule has 1 aliphatic carbocycles. The Hall–Kier alpha value is -2.73. The predicted molar refractivity (Wildman–Crippen MR) is 77.0 cm³/mol. The monoisotopic (exact) mass is 356 g/mol. The van der Waals surface area contributed by atoms with E-state index in [0.29, 0.717) is 6.42 Å². The summed E-state index contributed by atoms with van der Waals surface area (Å²) >= 11 is 6.01.